The number of rotatable bonds is 2. The lowest BCUT2D eigenvalue weighted by molar-refractivity contribution is -0.160. The third kappa shape index (κ3) is 4.09. The van der Waals surface area contributed by atoms with Crippen molar-refractivity contribution in [2.45, 2.75) is 51.6 Å². The number of ether oxygens (including phenoxy) is 2. The molecule has 156 valence electrons. The van der Waals surface area contributed by atoms with Gasteiger partial charge in [0.1, 0.15) is 5.60 Å². The third-order valence-corrected chi connectivity index (χ3v) is 5.78. The minimum atomic E-state index is -0.360. The van der Waals surface area contributed by atoms with Crippen molar-refractivity contribution in [1.29, 1.82) is 0 Å². The Morgan fingerprint density at radius 1 is 1.17 bits per heavy atom. The number of hydrogen-bond acceptors (Lipinski definition) is 4. The summed E-state index contributed by atoms with van der Waals surface area (Å²) in [6.45, 7) is 11.4. The minimum absolute atomic E-state index is 0.0292. The summed E-state index contributed by atoms with van der Waals surface area (Å²) in [6, 6.07) is 8.19. The van der Waals surface area contributed by atoms with E-state index in [1.807, 2.05) is 27.9 Å². The van der Waals surface area contributed by atoms with Crippen molar-refractivity contribution < 1.29 is 14.3 Å². The molecule has 2 fully saturated rings. The van der Waals surface area contributed by atoms with Gasteiger partial charge in [-0.1, -0.05) is 38.5 Å². The molecule has 1 amide bonds. The van der Waals surface area contributed by atoms with E-state index in [1.54, 1.807) is 0 Å². The van der Waals surface area contributed by atoms with Crippen LogP contribution in [0.4, 0.5) is 0 Å². The van der Waals surface area contributed by atoms with Gasteiger partial charge in [-0.25, -0.2) is 4.68 Å². The number of morpholine rings is 1. The Hall–Kier alpha value is -2.18. The van der Waals surface area contributed by atoms with Gasteiger partial charge < -0.3 is 14.4 Å². The van der Waals surface area contributed by atoms with Crippen LogP contribution in [0.2, 0.25) is 0 Å². The molecule has 0 bridgehead atoms. The molecule has 1 atom stereocenters. The molecular weight excluding hydrogens is 366 g/mol. The Morgan fingerprint density at radius 3 is 2.59 bits per heavy atom. The second-order valence-electron chi connectivity index (χ2n) is 9.34. The Kier molecular flexibility index (Phi) is 5.25. The molecule has 2 aliphatic heterocycles. The lowest BCUT2D eigenvalue weighted by Crippen LogP contribution is -2.57. The van der Waals surface area contributed by atoms with Crippen LogP contribution in [0.5, 0.6) is 0 Å². The predicted octanol–water partition coefficient (Wildman–Crippen LogP) is 3.50. The van der Waals surface area contributed by atoms with Crippen LogP contribution in [0.25, 0.3) is 5.69 Å². The summed E-state index contributed by atoms with van der Waals surface area (Å²) in [7, 11) is 0. The fourth-order valence-electron chi connectivity index (χ4n) is 4.17. The maximum absolute atomic E-state index is 13.6. The van der Waals surface area contributed by atoms with Gasteiger partial charge in [-0.15, -0.1) is 0 Å². The normalized spacial score (nSPS) is 22.8. The van der Waals surface area contributed by atoms with Crippen LogP contribution in [0.3, 0.4) is 0 Å². The molecule has 2 aliphatic rings. The molecule has 6 heteroatoms. The van der Waals surface area contributed by atoms with Gasteiger partial charge in [0, 0.05) is 24.8 Å². The molecule has 6 nitrogen and oxygen atoms in total. The third-order valence-electron chi connectivity index (χ3n) is 5.78. The van der Waals surface area contributed by atoms with Crippen molar-refractivity contribution in [3.8, 4) is 5.69 Å². The molecular formula is C23H31N3O3. The van der Waals surface area contributed by atoms with Gasteiger partial charge >= 0.3 is 0 Å². The first-order valence-corrected chi connectivity index (χ1v) is 10.5. The minimum Gasteiger partial charge on any atom is -0.378 e. The maximum Gasteiger partial charge on any atom is 0.257 e. The second-order valence-corrected chi connectivity index (χ2v) is 9.34. The molecule has 1 spiro atoms. The number of aromatic nitrogens is 2. The fourth-order valence-corrected chi connectivity index (χ4v) is 4.17. The first-order chi connectivity index (χ1) is 13.8. The Labute approximate surface area is 172 Å². The number of nitrogens with zero attached hydrogens (tertiary/aromatic N) is 3. The molecule has 2 aromatic rings. The fraction of sp³-hybridized carbons (Fsp3) is 0.565. The summed E-state index contributed by atoms with van der Waals surface area (Å²) in [4.78, 5) is 15.5. The smallest absolute Gasteiger partial charge is 0.257 e. The van der Waals surface area contributed by atoms with Crippen molar-refractivity contribution in [1.82, 2.24) is 14.7 Å². The van der Waals surface area contributed by atoms with E-state index in [4.69, 9.17) is 14.6 Å². The van der Waals surface area contributed by atoms with Gasteiger partial charge in [0.2, 0.25) is 0 Å². The van der Waals surface area contributed by atoms with Crippen LogP contribution in [0, 0.1) is 6.92 Å². The van der Waals surface area contributed by atoms with E-state index in [-0.39, 0.29) is 16.9 Å². The summed E-state index contributed by atoms with van der Waals surface area (Å²) in [6.07, 6.45) is 3.79. The lowest BCUT2D eigenvalue weighted by atomic mass is 9.89. The highest BCUT2D eigenvalue weighted by molar-refractivity contribution is 5.95. The van der Waals surface area contributed by atoms with Crippen LogP contribution in [-0.2, 0) is 14.9 Å². The average Bonchev–Trinajstić information content (AvgIpc) is 3.14. The standard InChI is InChI=1S/C23H31N3O3/c1-17-6-8-18(9-7-17)26-14-19(20(24-26)22(2,3)4)21(27)25-11-13-29-23(15-25)10-5-12-28-16-23/h6-9,14H,5,10-13,15-16H2,1-4H3/t23-/m0/s1. The van der Waals surface area contributed by atoms with Gasteiger partial charge in [0.15, 0.2) is 0 Å². The molecule has 3 heterocycles. The summed E-state index contributed by atoms with van der Waals surface area (Å²) in [5.74, 6) is 0.0292. The van der Waals surface area contributed by atoms with Crippen LogP contribution >= 0.6 is 0 Å². The molecule has 0 radical (unpaired) electrons. The van der Waals surface area contributed by atoms with E-state index < -0.39 is 0 Å². The van der Waals surface area contributed by atoms with Crippen LogP contribution in [0.1, 0.15) is 55.2 Å². The Balaban J connectivity index is 1.65. The zero-order chi connectivity index (χ0) is 20.6. The number of amides is 1. The summed E-state index contributed by atoms with van der Waals surface area (Å²) in [5.41, 5.74) is 3.05. The molecule has 4 rings (SSSR count). The Bertz CT molecular complexity index is 868. The number of carbonyl (C=O) groups excluding carboxylic acids is 1. The van der Waals surface area contributed by atoms with E-state index in [1.165, 1.54) is 5.56 Å². The summed E-state index contributed by atoms with van der Waals surface area (Å²) >= 11 is 0. The summed E-state index contributed by atoms with van der Waals surface area (Å²) in [5, 5.41) is 4.81. The first-order valence-electron chi connectivity index (χ1n) is 10.5. The summed E-state index contributed by atoms with van der Waals surface area (Å²) < 4.78 is 13.6. The molecule has 2 saturated heterocycles. The van der Waals surface area contributed by atoms with Gasteiger partial charge in [0.05, 0.1) is 36.7 Å². The van der Waals surface area contributed by atoms with Gasteiger partial charge in [-0.3, -0.25) is 4.79 Å². The zero-order valence-electron chi connectivity index (χ0n) is 17.9. The van der Waals surface area contributed by atoms with E-state index in [0.717, 1.165) is 30.8 Å². The van der Waals surface area contributed by atoms with Gasteiger partial charge in [-0.2, -0.15) is 5.10 Å². The van der Waals surface area contributed by atoms with Crippen LogP contribution in [0.15, 0.2) is 30.5 Å². The highest BCUT2D eigenvalue weighted by Crippen LogP contribution is 2.31. The maximum atomic E-state index is 13.6. The van der Waals surface area contributed by atoms with Gasteiger partial charge in [0.25, 0.3) is 5.91 Å². The highest BCUT2D eigenvalue weighted by Gasteiger charge is 2.41. The predicted molar refractivity (Wildman–Crippen MR) is 112 cm³/mol. The molecule has 0 saturated carbocycles. The zero-order valence-corrected chi connectivity index (χ0v) is 17.9. The number of benzene rings is 1. The van der Waals surface area contributed by atoms with E-state index in [2.05, 4.69) is 39.8 Å². The number of carbonyl (C=O) groups is 1. The first kappa shape index (κ1) is 20.1. The lowest BCUT2D eigenvalue weighted by Gasteiger charge is -2.44. The van der Waals surface area contributed by atoms with Crippen LogP contribution in [-0.4, -0.2) is 59.1 Å². The quantitative estimate of drug-likeness (QED) is 0.778. The molecule has 0 N–H and O–H groups in total. The van der Waals surface area contributed by atoms with Crippen molar-refractivity contribution in [2.75, 3.05) is 32.9 Å². The SMILES string of the molecule is Cc1ccc(-n2cc(C(=O)N3CCO[C@@]4(CCCOC4)C3)c(C(C)(C)C)n2)cc1. The molecule has 1 aromatic carbocycles. The molecule has 0 aliphatic carbocycles. The van der Waals surface area contributed by atoms with Crippen molar-refractivity contribution in [3.63, 3.8) is 0 Å². The van der Waals surface area contributed by atoms with Crippen molar-refractivity contribution in [3.05, 3.63) is 47.3 Å². The number of aryl methyl sites for hydroxylation is 1. The topological polar surface area (TPSA) is 56.6 Å². The number of hydrogen-bond donors (Lipinski definition) is 0. The Morgan fingerprint density at radius 2 is 1.93 bits per heavy atom. The largest absolute Gasteiger partial charge is 0.378 e. The molecule has 29 heavy (non-hydrogen) atoms. The average molecular weight is 398 g/mol. The van der Waals surface area contributed by atoms with E-state index in [9.17, 15) is 4.79 Å². The molecule has 0 unspecified atom stereocenters. The van der Waals surface area contributed by atoms with Crippen molar-refractivity contribution >= 4 is 5.91 Å². The van der Waals surface area contributed by atoms with Crippen molar-refractivity contribution in [2.24, 2.45) is 0 Å². The van der Waals surface area contributed by atoms with E-state index in [0.29, 0.717) is 31.9 Å². The monoisotopic (exact) mass is 397 g/mol. The highest BCUT2D eigenvalue weighted by atomic mass is 16.5. The second kappa shape index (κ2) is 7.58. The van der Waals surface area contributed by atoms with Gasteiger partial charge in [-0.05, 0) is 31.9 Å². The van der Waals surface area contributed by atoms with E-state index >= 15 is 0 Å². The molecule has 1 aromatic heterocycles. The van der Waals surface area contributed by atoms with Crippen LogP contribution < -0.4 is 0 Å².